The van der Waals surface area contributed by atoms with Gasteiger partial charge in [0, 0.05) is 0 Å². The third-order valence-corrected chi connectivity index (χ3v) is 0.886. The van der Waals surface area contributed by atoms with E-state index in [-0.39, 0.29) is 5.84 Å². The van der Waals surface area contributed by atoms with Crippen LogP contribution >= 0.6 is 0 Å². The van der Waals surface area contributed by atoms with Crippen molar-refractivity contribution >= 4 is 5.84 Å². The maximum absolute atomic E-state index is 6.93. The molecular formula is C6H6N3. The number of hydrogen-bond acceptors (Lipinski definition) is 2. The number of nitrogens with two attached hydrogens (primary N) is 1. The van der Waals surface area contributed by atoms with Gasteiger partial charge in [-0.15, -0.1) is 0 Å². The Morgan fingerprint density at radius 3 is 2.89 bits per heavy atom. The highest BCUT2D eigenvalue weighted by atomic mass is 14.8. The Morgan fingerprint density at radius 2 is 2.56 bits per heavy atom. The molecule has 1 aromatic rings. The Kier molecular flexibility index (Phi) is 1.44. The molecule has 9 heavy (non-hydrogen) atoms. The molecule has 0 saturated heterocycles. The van der Waals surface area contributed by atoms with Crippen LogP contribution in [0.3, 0.4) is 0 Å². The Labute approximate surface area is 53.0 Å². The van der Waals surface area contributed by atoms with Crippen molar-refractivity contribution in [3.05, 3.63) is 30.1 Å². The largest absolute Gasteiger partial charge is 0.382 e. The van der Waals surface area contributed by atoms with E-state index in [2.05, 4.69) is 11.2 Å². The van der Waals surface area contributed by atoms with Gasteiger partial charge in [0.25, 0.3) is 0 Å². The predicted octanol–water partition coefficient (Wildman–Crippen LogP) is 0.166. The Balaban J connectivity index is 2.98. The maximum Gasteiger partial charge on any atom is 0.141 e. The maximum atomic E-state index is 6.93. The molecule has 0 fully saturated rings. The zero-order chi connectivity index (χ0) is 6.69. The molecule has 0 amide bonds. The summed E-state index contributed by atoms with van der Waals surface area (Å²) in [5, 5.41) is 6.93. The summed E-state index contributed by atoms with van der Waals surface area (Å²) in [5.74, 6) is -0.0214. The fourth-order valence-electron chi connectivity index (χ4n) is 0.476. The minimum Gasteiger partial charge on any atom is -0.382 e. The first kappa shape index (κ1) is 5.75. The lowest BCUT2D eigenvalue weighted by molar-refractivity contribution is 1.24. The standard InChI is InChI=1S/C6H6N3/c7-6(8)5-3-1-2-4-9-5/h1-3H,(H3,7,8). The van der Waals surface area contributed by atoms with Gasteiger partial charge in [-0.3, -0.25) is 5.41 Å². The third-order valence-electron chi connectivity index (χ3n) is 0.886. The van der Waals surface area contributed by atoms with Gasteiger partial charge in [-0.1, -0.05) is 6.07 Å². The molecule has 1 rings (SSSR count). The summed E-state index contributed by atoms with van der Waals surface area (Å²) in [6.45, 7) is 0. The number of nitrogens with one attached hydrogen (secondary N) is 1. The van der Waals surface area contributed by atoms with E-state index in [0.29, 0.717) is 5.69 Å². The van der Waals surface area contributed by atoms with Crippen LogP contribution in [-0.2, 0) is 0 Å². The summed E-state index contributed by atoms with van der Waals surface area (Å²) in [6.07, 6.45) is 2.57. The van der Waals surface area contributed by atoms with Crippen LogP contribution in [0.1, 0.15) is 5.69 Å². The number of hydrogen-bond donors (Lipinski definition) is 2. The average molecular weight is 120 g/mol. The molecule has 0 aromatic carbocycles. The Morgan fingerprint density at radius 1 is 1.78 bits per heavy atom. The second-order valence-electron chi connectivity index (χ2n) is 1.57. The van der Waals surface area contributed by atoms with Crippen LogP contribution in [0.15, 0.2) is 18.2 Å². The van der Waals surface area contributed by atoms with Crippen molar-refractivity contribution in [2.24, 2.45) is 5.73 Å². The van der Waals surface area contributed by atoms with Crippen molar-refractivity contribution in [3.8, 4) is 0 Å². The zero-order valence-corrected chi connectivity index (χ0v) is 4.76. The van der Waals surface area contributed by atoms with Crippen LogP contribution < -0.4 is 5.73 Å². The van der Waals surface area contributed by atoms with E-state index < -0.39 is 0 Å². The SMILES string of the molecule is N=C(N)c1ccc[c]n1. The van der Waals surface area contributed by atoms with E-state index in [1.54, 1.807) is 18.2 Å². The van der Waals surface area contributed by atoms with Gasteiger partial charge < -0.3 is 5.73 Å². The fraction of sp³-hybridized carbons (Fsp3) is 0. The molecule has 0 saturated carbocycles. The summed E-state index contributed by atoms with van der Waals surface area (Å²) in [7, 11) is 0. The molecule has 3 heteroatoms. The second-order valence-corrected chi connectivity index (χ2v) is 1.57. The topological polar surface area (TPSA) is 62.8 Å². The van der Waals surface area contributed by atoms with E-state index >= 15 is 0 Å². The highest BCUT2D eigenvalue weighted by Gasteiger charge is 1.91. The van der Waals surface area contributed by atoms with Crippen molar-refractivity contribution in [1.82, 2.24) is 4.98 Å². The first-order chi connectivity index (χ1) is 4.30. The summed E-state index contributed by atoms with van der Waals surface area (Å²) in [5.41, 5.74) is 5.58. The van der Waals surface area contributed by atoms with Crippen molar-refractivity contribution in [3.63, 3.8) is 0 Å². The van der Waals surface area contributed by atoms with Gasteiger partial charge in [-0.2, -0.15) is 0 Å². The van der Waals surface area contributed by atoms with Gasteiger partial charge in [0.2, 0.25) is 0 Å². The lowest BCUT2D eigenvalue weighted by atomic mass is 10.3. The van der Waals surface area contributed by atoms with E-state index in [1.807, 2.05) is 0 Å². The van der Waals surface area contributed by atoms with Crippen molar-refractivity contribution in [2.75, 3.05) is 0 Å². The predicted molar refractivity (Wildman–Crippen MR) is 34.1 cm³/mol. The van der Waals surface area contributed by atoms with E-state index in [9.17, 15) is 0 Å². The molecule has 1 radical (unpaired) electrons. The van der Waals surface area contributed by atoms with Crippen LogP contribution in [0.2, 0.25) is 0 Å². The minimum atomic E-state index is -0.0214. The number of amidine groups is 1. The summed E-state index contributed by atoms with van der Waals surface area (Å²) < 4.78 is 0. The van der Waals surface area contributed by atoms with Gasteiger partial charge in [0.1, 0.15) is 11.5 Å². The van der Waals surface area contributed by atoms with Crippen LogP contribution in [0, 0.1) is 11.6 Å². The van der Waals surface area contributed by atoms with Gasteiger partial charge >= 0.3 is 0 Å². The summed E-state index contributed by atoms with van der Waals surface area (Å²) in [6, 6.07) is 5.06. The fourth-order valence-corrected chi connectivity index (χ4v) is 0.476. The number of pyridine rings is 1. The minimum absolute atomic E-state index is 0.0214. The molecule has 1 aromatic heterocycles. The molecule has 0 spiro atoms. The number of rotatable bonds is 1. The first-order valence-electron chi connectivity index (χ1n) is 2.48. The summed E-state index contributed by atoms with van der Waals surface area (Å²) in [4.78, 5) is 3.70. The van der Waals surface area contributed by atoms with Crippen molar-refractivity contribution < 1.29 is 0 Å². The smallest absolute Gasteiger partial charge is 0.141 e. The first-order valence-corrected chi connectivity index (χ1v) is 2.48. The average Bonchev–Trinajstić information content (AvgIpc) is 1.90. The number of nitrogens with zero attached hydrogens (tertiary/aromatic N) is 1. The van der Waals surface area contributed by atoms with E-state index in [4.69, 9.17) is 11.1 Å². The molecule has 3 N–H and O–H groups in total. The molecule has 0 aliphatic rings. The normalized spacial score (nSPS) is 8.89. The highest BCUT2D eigenvalue weighted by Crippen LogP contribution is 1.88. The lowest BCUT2D eigenvalue weighted by Gasteiger charge is -1.91. The molecule has 0 aliphatic heterocycles. The number of nitrogen functional groups attached to an aromatic ring is 1. The van der Waals surface area contributed by atoms with Crippen molar-refractivity contribution in [2.45, 2.75) is 0 Å². The Hall–Kier alpha value is -1.38. The second kappa shape index (κ2) is 2.26. The van der Waals surface area contributed by atoms with Gasteiger partial charge in [-0.25, -0.2) is 4.98 Å². The molecule has 0 unspecified atom stereocenters. The highest BCUT2D eigenvalue weighted by molar-refractivity contribution is 5.92. The third kappa shape index (κ3) is 1.25. The molecule has 0 bridgehead atoms. The van der Waals surface area contributed by atoms with Gasteiger partial charge in [0.05, 0.1) is 6.20 Å². The number of aromatic nitrogens is 1. The molecule has 0 aliphatic carbocycles. The van der Waals surface area contributed by atoms with Gasteiger partial charge in [0.15, 0.2) is 0 Å². The lowest BCUT2D eigenvalue weighted by Crippen LogP contribution is -2.12. The molecule has 45 valence electrons. The molecular weight excluding hydrogens is 114 g/mol. The van der Waals surface area contributed by atoms with Crippen LogP contribution in [0.5, 0.6) is 0 Å². The molecule has 1 heterocycles. The molecule has 0 atom stereocenters. The van der Waals surface area contributed by atoms with E-state index in [0.717, 1.165) is 0 Å². The van der Waals surface area contributed by atoms with Gasteiger partial charge in [-0.05, 0) is 12.1 Å². The Bertz CT molecular complexity index is 205. The summed E-state index contributed by atoms with van der Waals surface area (Å²) >= 11 is 0. The van der Waals surface area contributed by atoms with Crippen LogP contribution in [0.4, 0.5) is 0 Å². The monoisotopic (exact) mass is 120 g/mol. The van der Waals surface area contributed by atoms with Crippen molar-refractivity contribution in [1.29, 1.82) is 5.41 Å². The quantitative estimate of drug-likeness (QED) is 0.409. The van der Waals surface area contributed by atoms with Crippen LogP contribution in [0.25, 0.3) is 0 Å². The van der Waals surface area contributed by atoms with E-state index in [1.165, 1.54) is 0 Å². The molecule has 3 nitrogen and oxygen atoms in total. The van der Waals surface area contributed by atoms with Crippen LogP contribution in [-0.4, -0.2) is 10.8 Å². The zero-order valence-electron chi connectivity index (χ0n) is 4.76.